The van der Waals surface area contributed by atoms with Gasteiger partial charge in [-0.3, -0.25) is 4.98 Å². The molecule has 2 heterocycles. The van der Waals surface area contributed by atoms with Crippen LogP contribution in [0.2, 0.25) is 5.02 Å². The first kappa shape index (κ1) is 29.7. The molecular weight excluding hydrogens is 528 g/mol. The summed E-state index contributed by atoms with van der Waals surface area (Å²) in [7, 11) is 1.63. The number of likely N-dealkylation sites (tertiary alicyclic amines) is 1. The summed E-state index contributed by atoms with van der Waals surface area (Å²) in [5, 5.41) is 6.82. The molecule has 1 saturated heterocycles. The molecule has 0 atom stereocenters. The number of carbonyl (C=O) groups is 1. The Hall–Kier alpha value is -3.23. The van der Waals surface area contributed by atoms with Crippen LogP contribution in [-0.4, -0.2) is 55.8 Å². The number of amides is 2. The van der Waals surface area contributed by atoms with E-state index in [1.165, 1.54) is 32.4 Å². The van der Waals surface area contributed by atoms with Crippen LogP contribution in [0.4, 0.5) is 10.5 Å². The number of methoxy groups -OCH3 is 1. The number of pyridine rings is 1. The molecule has 2 N–H and O–H groups in total. The number of hydrogen-bond donors (Lipinski definition) is 2. The average Bonchev–Trinajstić information content (AvgIpc) is 2.92. The maximum Gasteiger partial charge on any atom is 0.319 e. The van der Waals surface area contributed by atoms with Crippen molar-refractivity contribution in [3.63, 3.8) is 0 Å². The van der Waals surface area contributed by atoms with E-state index in [0.717, 1.165) is 30.3 Å². The number of urea groups is 1. The number of fused-ring (bicyclic) bond motifs is 1. The van der Waals surface area contributed by atoms with Gasteiger partial charge in [-0.25, -0.2) is 4.79 Å². The van der Waals surface area contributed by atoms with E-state index < -0.39 is 0 Å². The molecule has 2 aromatic carbocycles. The fourth-order valence-electron chi connectivity index (χ4n) is 4.65. The second kappa shape index (κ2) is 13.9. The number of benzene rings is 2. The molecule has 0 spiro atoms. The fourth-order valence-corrected chi connectivity index (χ4v) is 4.87. The van der Waals surface area contributed by atoms with Gasteiger partial charge in [0, 0.05) is 36.8 Å². The van der Waals surface area contributed by atoms with Crippen LogP contribution < -0.4 is 24.8 Å². The van der Waals surface area contributed by atoms with Crippen molar-refractivity contribution in [1.29, 1.82) is 0 Å². The van der Waals surface area contributed by atoms with Gasteiger partial charge >= 0.3 is 6.03 Å². The highest BCUT2D eigenvalue weighted by atomic mass is 35.5. The Balaban J connectivity index is 1.39. The van der Waals surface area contributed by atoms with Gasteiger partial charge in [0.1, 0.15) is 11.5 Å². The number of rotatable bonds is 11. The van der Waals surface area contributed by atoms with Crippen LogP contribution in [-0.2, 0) is 0 Å². The minimum Gasteiger partial charge on any atom is -0.493 e. The van der Waals surface area contributed by atoms with E-state index in [-0.39, 0.29) is 11.4 Å². The number of piperidine rings is 1. The van der Waals surface area contributed by atoms with E-state index in [1.807, 2.05) is 12.1 Å². The summed E-state index contributed by atoms with van der Waals surface area (Å²) in [6.45, 7) is 11.0. The number of hydrogen-bond acceptors (Lipinski definition) is 6. The number of aromatic nitrogens is 1. The van der Waals surface area contributed by atoms with Crippen molar-refractivity contribution in [2.75, 3.05) is 45.2 Å². The Bertz CT molecular complexity index is 1290. The van der Waals surface area contributed by atoms with Crippen molar-refractivity contribution in [1.82, 2.24) is 15.2 Å². The number of nitrogens with one attached hydrogen (secondary N) is 2. The van der Waals surface area contributed by atoms with Gasteiger partial charge < -0.3 is 29.7 Å². The van der Waals surface area contributed by atoms with E-state index >= 15 is 0 Å². The topological polar surface area (TPSA) is 85.0 Å². The maximum absolute atomic E-state index is 12.3. The van der Waals surface area contributed by atoms with Gasteiger partial charge in [-0.15, -0.1) is 0 Å². The summed E-state index contributed by atoms with van der Waals surface area (Å²) in [5.74, 6) is 2.43. The highest BCUT2D eigenvalue weighted by Crippen LogP contribution is 2.38. The summed E-state index contributed by atoms with van der Waals surface area (Å²) >= 11 is 6.47. The largest absolute Gasteiger partial charge is 0.493 e. The van der Waals surface area contributed by atoms with Crippen LogP contribution in [0.15, 0.2) is 42.6 Å². The molecule has 8 nitrogen and oxygen atoms in total. The molecule has 0 unspecified atom stereocenters. The normalized spacial score (nSPS) is 14.1. The van der Waals surface area contributed by atoms with Gasteiger partial charge in [0.25, 0.3) is 0 Å². The van der Waals surface area contributed by atoms with Crippen LogP contribution in [0, 0.1) is 5.41 Å². The number of halogens is 1. The molecule has 0 bridgehead atoms. The highest BCUT2D eigenvalue weighted by molar-refractivity contribution is 6.33. The third-order valence-electron chi connectivity index (χ3n) is 6.89. The van der Waals surface area contributed by atoms with E-state index in [1.54, 1.807) is 37.6 Å². The lowest BCUT2D eigenvalue weighted by Crippen LogP contribution is -2.31. The predicted octanol–water partition coefficient (Wildman–Crippen LogP) is 7.50. The SMILES string of the molecule is COc1cc2c(Oc3ccc(NC(=O)NCCC(C)(C)C)c(Cl)c3)ccnc2cc1OCCCN1CCCCC1. The molecular formula is C31H41ClN4O4. The molecule has 216 valence electrons. The van der Waals surface area contributed by atoms with Crippen LogP contribution in [0.3, 0.4) is 0 Å². The number of nitrogens with zero attached hydrogens (tertiary/aromatic N) is 2. The average molecular weight is 569 g/mol. The van der Waals surface area contributed by atoms with E-state index in [2.05, 4.69) is 41.3 Å². The Morgan fingerprint density at radius 2 is 1.85 bits per heavy atom. The van der Waals surface area contributed by atoms with Crippen molar-refractivity contribution in [3.8, 4) is 23.0 Å². The first-order valence-corrected chi connectivity index (χ1v) is 14.4. The van der Waals surface area contributed by atoms with Gasteiger partial charge in [-0.1, -0.05) is 38.8 Å². The monoisotopic (exact) mass is 568 g/mol. The molecule has 1 aliphatic rings. The summed E-state index contributed by atoms with van der Waals surface area (Å²) in [5.41, 5.74) is 1.39. The zero-order chi connectivity index (χ0) is 28.5. The quantitative estimate of drug-likeness (QED) is 0.233. The molecule has 0 radical (unpaired) electrons. The number of carbonyl (C=O) groups excluding carboxylic acids is 1. The van der Waals surface area contributed by atoms with Crippen LogP contribution in [0.1, 0.15) is 52.9 Å². The van der Waals surface area contributed by atoms with Crippen molar-refractivity contribution in [2.45, 2.75) is 52.9 Å². The van der Waals surface area contributed by atoms with Crippen molar-refractivity contribution < 1.29 is 19.0 Å². The Kier molecular flexibility index (Phi) is 10.3. The fraction of sp³-hybridized carbons (Fsp3) is 0.484. The molecule has 1 aromatic heterocycles. The van der Waals surface area contributed by atoms with Gasteiger partial charge in [0.15, 0.2) is 11.5 Å². The predicted molar refractivity (Wildman–Crippen MR) is 161 cm³/mol. The lowest BCUT2D eigenvalue weighted by atomic mass is 9.92. The smallest absolute Gasteiger partial charge is 0.319 e. The summed E-state index contributed by atoms with van der Waals surface area (Å²) in [6, 6.07) is 10.4. The van der Waals surface area contributed by atoms with Gasteiger partial charge in [0.2, 0.25) is 0 Å². The van der Waals surface area contributed by atoms with Gasteiger partial charge in [0.05, 0.1) is 29.9 Å². The molecule has 0 aliphatic carbocycles. The zero-order valence-corrected chi connectivity index (χ0v) is 24.8. The minimum atomic E-state index is -0.295. The second-order valence-electron chi connectivity index (χ2n) is 11.4. The number of anilines is 1. The lowest BCUT2D eigenvalue weighted by Gasteiger charge is -2.26. The Morgan fingerprint density at radius 1 is 1.05 bits per heavy atom. The molecule has 4 rings (SSSR count). The van der Waals surface area contributed by atoms with Gasteiger partial charge in [-0.2, -0.15) is 0 Å². The Labute approximate surface area is 242 Å². The number of ether oxygens (including phenoxy) is 3. The lowest BCUT2D eigenvalue weighted by molar-refractivity contribution is 0.203. The first-order valence-electron chi connectivity index (χ1n) is 14.1. The molecule has 40 heavy (non-hydrogen) atoms. The third kappa shape index (κ3) is 8.63. The summed E-state index contributed by atoms with van der Waals surface area (Å²) in [6.07, 6.45) is 7.45. The molecule has 3 aromatic rings. The van der Waals surface area contributed by atoms with Crippen molar-refractivity contribution in [2.24, 2.45) is 5.41 Å². The maximum atomic E-state index is 12.3. The molecule has 2 amide bonds. The first-order chi connectivity index (χ1) is 19.2. The zero-order valence-electron chi connectivity index (χ0n) is 24.0. The summed E-state index contributed by atoms with van der Waals surface area (Å²) in [4.78, 5) is 19.3. The van der Waals surface area contributed by atoms with Gasteiger partial charge in [-0.05, 0) is 68.5 Å². The third-order valence-corrected chi connectivity index (χ3v) is 7.20. The standard InChI is InChI=1S/C31H41ClN4O4/c1-31(2,3)12-14-34-30(37)35-25-10-9-22(19-24(25)32)40-27-11-13-33-26-21-29(28(38-4)20-23(26)27)39-18-8-17-36-15-6-5-7-16-36/h9-11,13,19-21H,5-8,12,14-18H2,1-4H3,(H2,34,35,37). The summed E-state index contributed by atoms with van der Waals surface area (Å²) < 4.78 is 17.9. The Morgan fingerprint density at radius 3 is 2.58 bits per heavy atom. The molecule has 1 aliphatic heterocycles. The minimum absolute atomic E-state index is 0.145. The second-order valence-corrected chi connectivity index (χ2v) is 11.8. The van der Waals surface area contributed by atoms with E-state index in [9.17, 15) is 4.79 Å². The molecule has 0 saturated carbocycles. The highest BCUT2D eigenvalue weighted by Gasteiger charge is 2.15. The van der Waals surface area contributed by atoms with Crippen LogP contribution in [0.25, 0.3) is 10.9 Å². The molecule has 1 fully saturated rings. The van der Waals surface area contributed by atoms with Crippen molar-refractivity contribution in [3.05, 3.63) is 47.6 Å². The van der Waals surface area contributed by atoms with Crippen LogP contribution in [0.5, 0.6) is 23.0 Å². The van der Waals surface area contributed by atoms with Crippen LogP contribution >= 0.6 is 11.6 Å². The van der Waals surface area contributed by atoms with Crippen molar-refractivity contribution >= 4 is 34.2 Å². The van der Waals surface area contributed by atoms with E-state index in [4.69, 9.17) is 25.8 Å². The molecule has 9 heteroatoms. The van der Waals surface area contributed by atoms with E-state index in [0.29, 0.717) is 46.9 Å².